The van der Waals surface area contributed by atoms with Crippen LogP contribution in [-0.2, 0) is 11.2 Å². The van der Waals surface area contributed by atoms with Crippen LogP contribution in [0, 0.1) is 13.8 Å². The fraction of sp³-hybridized carbons (Fsp3) is 0.650. The Labute approximate surface area is 156 Å². The van der Waals surface area contributed by atoms with Gasteiger partial charge < -0.3 is 10.2 Å². The first kappa shape index (κ1) is 18.8. The van der Waals surface area contributed by atoms with Crippen LogP contribution in [0.25, 0.3) is 11.0 Å². The van der Waals surface area contributed by atoms with Gasteiger partial charge in [-0.2, -0.15) is 5.10 Å². The molecule has 2 aromatic rings. The zero-order valence-corrected chi connectivity index (χ0v) is 16.7. The molecule has 1 amide bonds. The van der Waals surface area contributed by atoms with Crippen molar-refractivity contribution in [2.75, 3.05) is 20.1 Å². The second kappa shape index (κ2) is 7.74. The molecule has 3 heterocycles. The van der Waals surface area contributed by atoms with Gasteiger partial charge >= 0.3 is 0 Å². The highest BCUT2D eigenvalue weighted by Crippen LogP contribution is 2.26. The lowest BCUT2D eigenvalue weighted by Crippen LogP contribution is -2.40. The summed E-state index contributed by atoms with van der Waals surface area (Å²) in [5.41, 5.74) is 4.36. The molecule has 0 aliphatic carbocycles. The minimum Gasteiger partial charge on any atom is -0.338 e. The van der Waals surface area contributed by atoms with Crippen molar-refractivity contribution in [2.24, 2.45) is 0 Å². The second-order valence-electron chi connectivity index (χ2n) is 7.66. The van der Waals surface area contributed by atoms with Crippen LogP contribution in [-0.4, -0.2) is 51.8 Å². The molecule has 0 spiro atoms. The van der Waals surface area contributed by atoms with Crippen molar-refractivity contribution in [3.05, 3.63) is 23.0 Å². The Morgan fingerprint density at radius 3 is 2.85 bits per heavy atom. The Bertz CT molecular complexity index is 795. The van der Waals surface area contributed by atoms with Crippen molar-refractivity contribution in [3.63, 3.8) is 0 Å². The van der Waals surface area contributed by atoms with E-state index >= 15 is 0 Å². The maximum Gasteiger partial charge on any atom is 0.223 e. The SMILES string of the molecule is CNC[C@H]1CCCN1C(=O)CCc1c(C)nc2c(cnn2C(C)C)c1C. The lowest BCUT2D eigenvalue weighted by Gasteiger charge is -2.25. The normalized spacial score (nSPS) is 17.6. The largest absolute Gasteiger partial charge is 0.338 e. The van der Waals surface area contributed by atoms with E-state index in [1.165, 1.54) is 11.1 Å². The minimum atomic E-state index is 0.263. The summed E-state index contributed by atoms with van der Waals surface area (Å²) in [6, 6.07) is 0.630. The van der Waals surface area contributed by atoms with Gasteiger partial charge in [0.2, 0.25) is 5.91 Å². The molecule has 6 nitrogen and oxygen atoms in total. The first-order valence-electron chi connectivity index (χ1n) is 9.71. The quantitative estimate of drug-likeness (QED) is 0.863. The van der Waals surface area contributed by atoms with Gasteiger partial charge in [-0.25, -0.2) is 9.67 Å². The van der Waals surface area contributed by atoms with Crippen molar-refractivity contribution in [1.82, 2.24) is 25.0 Å². The lowest BCUT2D eigenvalue weighted by molar-refractivity contribution is -0.131. The number of likely N-dealkylation sites (tertiary alicyclic amines) is 1. The summed E-state index contributed by atoms with van der Waals surface area (Å²) in [4.78, 5) is 19.6. The van der Waals surface area contributed by atoms with Crippen LogP contribution < -0.4 is 5.32 Å². The van der Waals surface area contributed by atoms with Gasteiger partial charge in [-0.1, -0.05) is 0 Å². The molecule has 2 aromatic heterocycles. The number of fused-ring (bicyclic) bond motifs is 1. The molecule has 0 unspecified atom stereocenters. The van der Waals surface area contributed by atoms with Gasteiger partial charge in [0, 0.05) is 42.7 Å². The maximum absolute atomic E-state index is 12.7. The molecule has 142 valence electrons. The van der Waals surface area contributed by atoms with Crippen LogP contribution >= 0.6 is 0 Å². The van der Waals surface area contributed by atoms with Gasteiger partial charge in [0.1, 0.15) is 0 Å². The fourth-order valence-corrected chi connectivity index (χ4v) is 4.13. The van der Waals surface area contributed by atoms with Crippen molar-refractivity contribution < 1.29 is 4.79 Å². The third kappa shape index (κ3) is 3.47. The van der Waals surface area contributed by atoms with Gasteiger partial charge in [-0.3, -0.25) is 4.79 Å². The van der Waals surface area contributed by atoms with Crippen molar-refractivity contribution >= 4 is 16.9 Å². The number of nitrogens with zero attached hydrogens (tertiary/aromatic N) is 4. The van der Waals surface area contributed by atoms with E-state index in [1.54, 1.807) is 0 Å². The Morgan fingerprint density at radius 2 is 2.15 bits per heavy atom. The van der Waals surface area contributed by atoms with Crippen LogP contribution in [0.2, 0.25) is 0 Å². The molecule has 3 rings (SSSR count). The van der Waals surface area contributed by atoms with Crippen molar-refractivity contribution in [1.29, 1.82) is 0 Å². The number of nitrogens with one attached hydrogen (secondary N) is 1. The number of aryl methyl sites for hydroxylation is 2. The molecule has 1 N–H and O–H groups in total. The Balaban J connectivity index is 1.78. The van der Waals surface area contributed by atoms with E-state index in [2.05, 4.69) is 36.1 Å². The van der Waals surface area contributed by atoms with Gasteiger partial charge in [0.05, 0.1) is 6.20 Å². The summed E-state index contributed by atoms with van der Waals surface area (Å²) in [5, 5.41) is 8.80. The molecule has 26 heavy (non-hydrogen) atoms. The first-order valence-corrected chi connectivity index (χ1v) is 9.71. The molecule has 1 fully saturated rings. The highest BCUT2D eigenvalue weighted by Gasteiger charge is 2.28. The molecule has 0 bridgehead atoms. The van der Waals surface area contributed by atoms with Crippen LogP contribution in [0.5, 0.6) is 0 Å². The Morgan fingerprint density at radius 1 is 1.38 bits per heavy atom. The van der Waals surface area contributed by atoms with E-state index in [0.717, 1.165) is 49.1 Å². The van der Waals surface area contributed by atoms with E-state index in [-0.39, 0.29) is 11.9 Å². The van der Waals surface area contributed by atoms with Crippen LogP contribution in [0.15, 0.2) is 6.20 Å². The first-order chi connectivity index (χ1) is 12.4. The highest BCUT2D eigenvalue weighted by molar-refractivity contribution is 5.81. The smallest absolute Gasteiger partial charge is 0.223 e. The average Bonchev–Trinajstić information content (AvgIpc) is 3.21. The predicted octanol–water partition coefficient (Wildman–Crippen LogP) is 2.77. The molecule has 1 saturated heterocycles. The standard InChI is InChI=1S/C20H31N5O/c1-13(2)25-20-18(12-22-25)14(3)17(15(4)23-20)8-9-19(26)24-10-6-7-16(24)11-21-5/h12-13,16,21H,6-11H2,1-5H3/t16-/m1/s1. The predicted molar refractivity (Wildman–Crippen MR) is 104 cm³/mol. The number of carbonyl (C=O) groups is 1. The van der Waals surface area contributed by atoms with Gasteiger partial charge in [-0.15, -0.1) is 0 Å². The number of amides is 1. The molecule has 1 aliphatic heterocycles. The fourth-order valence-electron chi connectivity index (χ4n) is 4.13. The van der Waals surface area contributed by atoms with E-state index in [9.17, 15) is 4.79 Å². The van der Waals surface area contributed by atoms with E-state index in [4.69, 9.17) is 4.98 Å². The second-order valence-corrected chi connectivity index (χ2v) is 7.66. The number of aromatic nitrogens is 3. The molecule has 1 atom stereocenters. The number of rotatable bonds is 6. The van der Waals surface area contributed by atoms with E-state index in [0.29, 0.717) is 12.5 Å². The highest BCUT2D eigenvalue weighted by atomic mass is 16.2. The monoisotopic (exact) mass is 357 g/mol. The topological polar surface area (TPSA) is 63.1 Å². The molecule has 0 radical (unpaired) electrons. The van der Waals surface area contributed by atoms with Gasteiger partial charge in [0.25, 0.3) is 0 Å². The summed E-state index contributed by atoms with van der Waals surface area (Å²) in [6.45, 7) is 10.2. The van der Waals surface area contributed by atoms with Gasteiger partial charge in [0.15, 0.2) is 5.65 Å². The number of likely N-dealkylation sites (N-methyl/N-ethyl adjacent to an activating group) is 1. The van der Waals surface area contributed by atoms with Gasteiger partial charge in [-0.05, 0) is 65.1 Å². The van der Waals surface area contributed by atoms with E-state index in [1.807, 2.05) is 24.9 Å². The third-order valence-corrected chi connectivity index (χ3v) is 5.55. The zero-order chi connectivity index (χ0) is 18.8. The summed E-state index contributed by atoms with van der Waals surface area (Å²) in [7, 11) is 1.95. The van der Waals surface area contributed by atoms with Crippen molar-refractivity contribution in [2.45, 2.75) is 65.5 Å². The molecule has 0 saturated carbocycles. The van der Waals surface area contributed by atoms with E-state index < -0.39 is 0 Å². The number of pyridine rings is 1. The molecule has 6 heteroatoms. The maximum atomic E-state index is 12.7. The number of carbonyl (C=O) groups excluding carboxylic acids is 1. The molecule has 1 aliphatic rings. The van der Waals surface area contributed by atoms with Crippen LogP contribution in [0.3, 0.4) is 0 Å². The molecular formula is C20H31N5O. The molecular weight excluding hydrogens is 326 g/mol. The van der Waals surface area contributed by atoms with Crippen LogP contribution in [0.4, 0.5) is 0 Å². The van der Waals surface area contributed by atoms with Crippen LogP contribution in [0.1, 0.15) is 56.0 Å². The van der Waals surface area contributed by atoms with Crippen molar-refractivity contribution in [3.8, 4) is 0 Å². The third-order valence-electron chi connectivity index (χ3n) is 5.55. The summed E-state index contributed by atoms with van der Waals surface area (Å²) >= 11 is 0. The zero-order valence-electron chi connectivity index (χ0n) is 16.7. The number of hydrogen-bond acceptors (Lipinski definition) is 4. The minimum absolute atomic E-state index is 0.263. The Kier molecular flexibility index (Phi) is 5.61. The average molecular weight is 358 g/mol. The summed E-state index contributed by atoms with van der Waals surface area (Å²) in [6.07, 6.45) is 5.42. The summed E-state index contributed by atoms with van der Waals surface area (Å²) < 4.78 is 1.97. The lowest BCUT2D eigenvalue weighted by atomic mass is 10.00. The summed E-state index contributed by atoms with van der Waals surface area (Å²) in [5.74, 6) is 0.263. The number of hydrogen-bond donors (Lipinski definition) is 1. The Hall–Kier alpha value is -1.95. The molecule has 0 aromatic carbocycles.